The SMILES string of the molecule is FC(F)(F)Oc1cccc(CCc2ccccc2O[C@@H](CCCN(C(F)(F)F)C(F)(F)F)OC(F)(F)F)c1. The van der Waals surface area contributed by atoms with Crippen molar-refractivity contribution >= 4 is 0 Å². The maximum atomic E-state index is 12.8. The Morgan fingerprint density at radius 1 is 0.711 bits per heavy atom. The smallest absolute Gasteiger partial charge is 0.464 e. The molecule has 0 radical (unpaired) electrons. The summed E-state index contributed by atoms with van der Waals surface area (Å²) in [4.78, 5) is -1.78. The van der Waals surface area contributed by atoms with E-state index >= 15 is 0 Å². The van der Waals surface area contributed by atoms with Gasteiger partial charge in [0.15, 0.2) is 0 Å². The molecule has 0 aliphatic rings. The van der Waals surface area contributed by atoms with Gasteiger partial charge in [-0.15, -0.1) is 31.2 Å². The van der Waals surface area contributed by atoms with Crippen LogP contribution in [0.15, 0.2) is 48.5 Å². The summed E-state index contributed by atoms with van der Waals surface area (Å²) in [5.74, 6) is -0.710. The average molecular weight is 573 g/mol. The predicted octanol–water partition coefficient (Wildman–Crippen LogP) is 7.73. The van der Waals surface area contributed by atoms with Crippen molar-refractivity contribution in [2.24, 2.45) is 0 Å². The fourth-order valence-corrected chi connectivity index (χ4v) is 3.25. The lowest BCUT2D eigenvalue weighted by Gasteiger charge is -2.27. The third-order valence-corrected chi connectivity index (χ3v) is 4.74. The van der Waals surface area contributed by atoms with Gasteiger partial charge in [0.25, 0.3) is 0 Å². The number of benzene rings is 2. The minimum atomic E-state index is -5.81. The van der Waals surface area contributed by atoms with Gasteiger partial charge in [-0.2, -0.15) is 26.3 Å². The highest BCUT2D eigenvalue weighted by atomic mass is 19.4. The van der Waals surface area contributed by atoms with Crippen LogP contribution in [0.1, 0.15) is 24.0 Å². The molecular formula is C22H19F12NO3. The van der Waals surface area contributed by atoms with Gasteiger partial charge < -0.3 is 9.47 Å². The van der Waals surface area contributed by atoms with E-state index in [-0.39, 0.29) is 24.2 Å². The van der Waals surface area contributed by atoms with Gasteiger partial charge in [-0.3, -0.25) is 4.74 Å². The first-order chi connectivity index (χ1) is 17.3. The lowest BCUT2D eigenvalue weighted by Crippen LogP contribution is -2.48. The van der Waals surface area contributed by atoms with E-state index in [9.17, 15) is 52.7 Å². The van der Waals surface area contributed by atoms with Crippen molar-refractivity contribution in [3.8, 4) is 11.5 Å². The summed E-state index contributed by atoms with van der Waals surface area (Å²) >= 11 is 0. The summed E-state index contributed by atoms with van der Waals surface area (Å²) in [6.07, 6.45) is -26.1. The number of aryl methyl sites for hydroxylation is 2. The Balaban J connectivity index is 2.12. The second kappa shape index (κ2) is 12.3. The van der Waals surface area contributed by atoms with Crippen molar-refractivity contribution in [2.75, 3.05) is 6.54 Å². The molecule has 0 saturated carbocycles. The first-order valence-corrected chi connectivity index (χ1v) is 10.6. The molecule has 2 rings (SSSR count). The summed E-state index contributed by atoms with van der Waals surface area (Å²) in [6, 6.07) is 10.3. The fourth-order valence-electron chi connectivity index (χ4n) is 3.25. The third kappa shape index (κ3) is 11.2. The molecule has 0 spiro atoms. The van der Waals surface area contributed by atoms with Crippen molar-refractivity contribution in [3.63, 3.8) is 0 Å². The molecule has 0 aliphatic heterocycles. The summed E-state index contributed by atoms with van der Waals surface area (Å²) in [7, 11) is 0. The van der Waals surface area contributed by atoms with E-state index in [1.807, 2.05) is 0 Å². The second-order valence-corrected chi connectivity index (χ2v) is 7.64. The van der Waals surface area contributed by atoms with Crippen LogP contribution in [0.5, 0.6) is 11.5 Å². The Labute approximate surface area is 207 Å². The van der Waals surface area contributed by atoms with Crippen molar-refractivity contribution in [3.05, 3.63) is 59.7 Å². The largest absolute Gasteiger partial charge is 0.573 e. The number of para-hydroxylation sites is 1. The minimum Gasteiger partial charge on any atom is -0.464 e. The molecule has 38 heavy (non-hydrogen) atoms. The van der Waals surface area contributed by atoms with Crippen molar-refractivity contribution in [1.82, 2.24) is 4.90 Å². The van der Waals surface area contributed by atoms with Gasteiger partial charge in [0.05, 0.1) is 0 Å². The van der Waals surface area contributed by atoms with Gasteiger partial charge in [-0.25, -0.2) is 0 Å². The number of alkyl halides is 12. The van der Waals surface area contributed by atoms with E-state index in [1.54, 1.807) is 0 Å². The molecule has 0 heterocycles. The number of hydrogen-bond donors (Lipinski definition) is 0. The van der Waals surface area contributed by atoms with Gasteiger partial charge in [0, 0.05) is 13.0 Å². The number of rotatable bonds is 11. The van der Waals surface area contributed by atoms with Crippen LogP contribution in [-0.2, 0) is 17.6 Å². The molecule has 0 aliphatic carbocycles. The highest BCUT2D eigenvalue weighted by Gasteiger charge is 2.53. The molecule has 0 amide bonds. The molecule has 1 atom stereocenters. The molecule has 0 unspecified atom stereocenters. The lowest BCUT2D eigenvalue weighted by molar-refractivity contribution is -0.378. The van der Waals surface area contributed by atoms with Crippen LogP contribution in [0.4, 0.5) is 52.7 Å². The Bertz CT molecular complexity index is 1000. The summed E-state index contributed by atoms with van der Waals surface area (Å²) in [5, 5.41) is 0. The molecule has 4 nitrogen and oxygen atoms in total. The maximum Gasteiger partial charge on any atom is 0.573 e. The molecule has 0 N–H and O–H groups in total. The summed E-state index contributed by atoms with van der Waals surface area (Å²) < 4.78 is 164. The zero-order chi connectivity index (χ0) is 28.8. The normalized spacial score (nSPS) is 14.0. The number of halogens is 12. The van der Waals surface area contributed by atoms with E-state index in [0.717, 1.165) is 12.1 Å². The Kier molecular flexibility index (Phi) is 10.2. The quantitative estimate of drug-likeness (QED) is 0.156. The van der Waals surface area contributed by atoms with Gasteiger partial charge in [0.2, 0.25) is 6.29 Å². The number of hydrogen-bond acceptors (Lipinski definition) is 4. The van der Waals surface area contributed by atoms with Crippen molar-refractivity contribution in [1.29, 1.82) is 0 Å². The van der Waals surface area contributed by atoms with Crippen LogP contribution in [0.2, 0.25) is 0 Å². The average Bonchev–Trinajstić information content (AvgIpc) is 2.72. The lowest BCUT2D eigenvalue weighted by atomic mass is 10.0. The zero-order valence-electron chi connectivity index (χ0n) is 18.9. The van der Waals surface area contributed by atoms with Crippen LogP contribution in [0.25, 0.3) is 0 Å². The number of ether oxygens (including phenoxy) is 3. The van der Waals surface area contributed by atoms with Crippen LogP contribution < -0.4 is 9.47 Å². The van der Waals surface area contributed by atoms with Crippen LogP contribution >= 0.6 is 0 Å². The predicted molar refractivity (Wildman–Crippen MR) is 107 cm³/mol. The molecule has 2 aromatic rings. The molecule has 0 bridgehead atoms. The summed E-state index contributed by atoms with van der Waals surface area (Å²) in [6.45, 7) is -1.70. The summed E-state index contributed by atoms with van der Waals surface area (Å²) in [5.41, 5.74) is 0.613. The van der Waals surface area contributed by atoms with Gasteiger partial charge >= 0.3 is 25.3 Å². The molecule has 0 saturated heterocycles. The van der Waals surface area contributed by atoms with E-state index in [0.29, 0.717) is 5.56 Å². The molecule has 16 heteroatoms. The van der Waals surface area contributed by atoms with E-state index < -0.39 is 61.7 Å². The first kappa shape index (κ1) is 31.3. The topological polar surface area (TPSA) is 30.9 Å². The Morgan fingerprint density at radius 3 is 1.92 bits per heavy atom. The van der Waals surface area contributed by atoms with Crippen LogP contribution in [-0.4, -0.2) is 43.1 Å². The monoisotopic (exact) mass is 573 g/mol. The zero-order valence-corrected chi connectivity index (χ0v) is 18.9. The second-order valence-electron chi connectivity index (χ2n) is 7.64. The molecule has 214 valence electrons. The van der Waals surface area contributed by atoms with Crippen LogP contribution in [0.3, 0.4) is 0 Å². The Morgan fingerprint density at radius 2 is 1.34 bits per heavy atom. The van der Waals surface area contributed by atoms with E-state index in [1.165, 1.54) is 36.4 Å². The van der Waals surface area contributed by atoms with Gasteiger partial charge in [-0.05, 0) is 48.6 Å². The van der Waals surface area contributed by atoms with Gasteiger partial charge in [-0.1, -0.05) is 30.3 Å². The van der Waals surface area contributed by atoms with Crippen molar-refractivity contribution < 1.29 is 66.9 Å². The van der Waals surface area contributed by atoms with Gasteiger partial charge in [0.1, 0.15) is 11.5 Å². The third-order valence-electron chi connectivity index (χ3n) is 4.74. The molecule has 0 fully saturated rings. The van der Waals surface area contributed by atoms with Crippen LogP contribution in [0, 0.1) is 0 Å². The number of nitrogens with zero attached hydrogens (tertiary/aromatic N) is 1. The van der Waals surface area contributed by atoms with E-state index in [4.69, 9.17) is 4.74 Å². The first-order valence-electron chi connectivity index (χ1n) is 10.6. The highest BCUT2D eigenvalue weighted by Crippen LogP contribution is 2.34. The van der Waals surface area contributed by atoms with Crippen molar-refractivity contribution in [2.45, 2.75) is 57.3 Å². The molecular weight excluding hydrogens is 554 g/mol. The standard InChI is InChI=1S/C22H19F12NO3/c23-19(24,25)35(20(26,27)28)12-4-9-18(38-22(32,33)34)36-17-8-2-1-6-15(17)11-10-14-5-3-7-16(13-14)37-21(29,30)31/h1-3,5-8,13,18H,4,9-12H2/t18-/m1/s1. The molecule has 2 aromatic carbocycles. The fraction of sp³-hybridized carbons (Fsp3) is 0.455. The molecule has 0 aromatic heterocycles. The Hall–Kier alpha value is -2.88. The maximum absolute atomic E-state index is 12.8. The highest BCUT2D eigenvalue weighted by molar-refractivity contribution is 5.35. The minimum absolute atomic E-state index is 0.0281. The van der Waals surface area contributed by atoms with E-state index in [2.05, 4.69) is 9.47 Å².